The standard InChI is InChI=1S/C19H21NO3/c1-22-19(21)12-11-17(15-16-7-3-2-4-8-16)20-13-5-9-18-10-6-14-23-18/h2-12,14,17,20H,13,15H2,1H3/b9-5+,12-11+/t17-/m1/s1. The Kier molecular flexibility index (Phi) is 6.88. The van der Waals surface area contributed by atoms with Crippen LogP contribution in [0, 0.1) is 0 Å². The second-order valence-corrected chi connectivity index (χ2v) is 5.00. The second kappa shape index (κ2) is 9.43. The topological polar surface area (TPSA) is 51.5 Å². The molecule has 0 aliphatic heterocycles. The molecule has 0 saturated carbocycles. The molecule has 4 nitrogen and oxygen atoms in total. The predicted molar refractivity (Wildman–Crippen MR) is 90.8 cm³/mol. The first-order chi connectivity index (χ1) is 11.3. The van der Waals surface area contributed by atoms with Crippen LogP contribution in [-0.2, 0) is 16.0 Å². The van der Waals surface area contributed by atoms with E-state index in [1.165, 1.54) is 18.7 Å². The lowest BCUT2D eigenvalue weighted by Gasteiger charge is -2.14. The van der Waals surface area contributed by atoms with Crippen molar-refractivity contribution in [2.24, 2.45) is 0 Å². The third kappa shape index (κ3) is 6.36. The molecular formula is C19H21NO3. The highest BCUT2D eigenvalue weighted by atomic mass is 16.5. The van der Waals surface area contributed by atoms with Crippen LogP contribution in [0.25, 0.3) is 6.08 Å². The van der Waals surface area contributed by atoms with E-state index < -0.39 is 0 Å². The number of hydrogen-bond acceptors (Lipinski definition) is 4. The molecule has 2 rings (SSSR count). The Morgan fingerprint density at radius 3 is 2.78 bits per heavy atom. The molecule has 1 atom stereocenters. The smallest absolute Gasteiger partial charge is 0.330 e. The van der Waals surface area contributed by atoms with Gasteiger partial charge in [0.25, 0.3) is 0 Å². The molecular weight excluding hydrogens is 290 g/mol. The average molecular weight is 311 g/mol. The molecule has 0 aliphatic rings. The number of nitrogens with one attached hydrogen (secondary N) is 1. The monoisotopic (exact) mass is 311 g/mol. The fourth-order valence-corrected chi connectivity index (χ4v) is 2.12. The first-order valence-corrected chi connectivity index (χ1v) is 7.51. The Hall–Kier alpha value is -2.59. The number of benzene rings is 1. The maximum Gasteiger partial charge on any atom is 0.330 e. The Labute approximate surface area is 136 Å². The lowest BCUT2D eigenvalue weighted by Crippen LogP contribution is -2.29. The minimum Gasteiger partial charge on any atom is -0.466 e. The minimum absolute atomic E-state index is 0.0396. The van der Waals surface area contributed by atoms with Gasteiger partial charge in [0.2, 0.25) is 0 Å². The predicted octanol–water partition coefficient (Wildman–Crippen LogP) is 3.22. The number of carbonyl (C=O) groups excluding carboxylic acids is 1. The molecule has 0 unspecified atom stereocenters. The summed E-state index contributed by atoms with van der Waals surface area (Å²) in [6.45, 7) is 0.670. The number of rotatable bonds is 8. The van der Waals surface area contributed by atoms with Crippen molar-refractivity contribution in [2.45, 2.75) is 12.5 Å². The van der Waals surface area contributed by atoms with E-state index in [4.69, 9.17) is 4.42 Å². The van der Waals surface area contributed by atoms with Crippen molar-refractivity contribution in [2.75, 3.05) is 13.7 Å². The Morgan fingerprint density at radius 1 is 1.26 bits per heavy atom. The molecule has 23 heavy (non-hydrogen) atoms. The molecule has 1 N–H and O–H groups in total. The normalized spacial score (nSPS) is 12.7. The molecule has 1 aromatic heterocycles. The molecule has 0 saturated heterocycles. The maximum absolute atomic E-state index is 11.3. The summed E-state index contributed by atoms with van der Waals surface area (Å²) in [4.78, 5) is 11.3. The van der Waals surface area contributed by atoms with E-state index in [-0.39, 0.29) is 12.0 Å². The minimum atomic E-state index is -0.351. The van der Waals surface area contributed by atoms with E-state index in [2.05, 4.69) is 22.2 Å². The molecule has 120 valence electrons. The van der Waals surface area contributed by atoms with Crippen LogP contribution < -0.4 is 5.32 Å². The summed E-state index contributed by atoms with van der Waals surface area (Å²) in [7, 11) is 1.37. The number of carbonyl (C=O) groups is 1. The number of furan rings is 1. The summed E-state index contributed by atoms with van der Waals surface area (Å²) in [6.07, 6.45) is 9.63. The van der Waals surface area contributed by atoms with Crippen LogP contribution >= 0.6 is 0 Å². The lowest BCUT2D eigenvalue weighted by atomic mass is 10.1. The molecule has 4 heteroatoms. The van der Waals surface area contributed by atoms with E-state index >= 15 is 0 Å². The highest BCUT2D eigenvalue weighted by molar-refractivity contribution is 5.81. The first kappa shape index (κ1) is 16.8. The van der Waals surface area contributed by atoms with E-state index in [1.807, 2.05) is 48.6 Å². The van der Waals surface area contributed by atoms with E-state index in [9.17, 15) is 4.79 Å². The van der Waals surface area contributed by atoms with Gasteiger partial charge in [-0.15, -0.1) is 0 Å². The van der Waals surface area contributed by atoms with Crippen LogP contribution in [0.4, 0.5) is 0 Å². The van der Waals surface area contributed by atoms with Crippen molar-refractivity contribution in [1.29, 1.82) is 0 Å². The number of ether oxygens (including phenoxy) is 1. The SMILES string of the molecule is COC(=O)/C=C/[C@H](Cc1ccccc1)NC/C=C/c1ccco1. The van der Waals surface area contributed by atoms with Gasteiger partial charge in [0.15, 0.2) is 0 Å². The van der Waals surface area contributed by atoms with Crippen molar-refractivity contribution in [3.05, 3.63) is 78.3 Å². The number of methoxy groups -OCH3 is 1. The summed E-state index contributed by atoms with van der Waals surface area (Å²) < 4.78 is 9.89. The molecule has 1 aromatic carbocycles. The first-order valence-electron chi connectivity index (χ1n) is 7.51. The molecule has 0 aliphatic carbocycles. The molecule has 1 heterocycles. The quantitative estimate of drug-likeness (QED) is 0.601. The van der Waals surface area contributed by atoms with E-state index in [0.29, 0.717) is 6.54 Å². The van der Waals surface area contributed by atoms with Gasteiger partial charge >= 0.3 is 5.97 Å². The van der Waals surface area contributed by atoms with Crippen LogP contribution in [0.5, 0.6) is 0 Å². The molecule has 0 bridgehead atoms. The summed E-state index contributed by atoms with van der Waals surface area (Å²) in [6, 6.07) is 13.9. The highest BCUT2D eigenvalue weighted by Gasteiger charge is 2.05. The van der Waals surface area contributed by atoms with Gasteiger partial charge in [0.1, 0.15) is 5.76 Å². The molecule has 0 spiro atoms. The maximum atomic E-state index is 11.3. The fourth-order valence-electron chi connectivity index (χ4n) is 2.12. The van der Waals surface area contributed by atoms with Crippen molar-refractivity contribution < 1.29 is 13.9 Å². The van der Waals surface area contributed by atoms with Crippen molar-refractivity contribution in [3.8, 4) is 0 Å². The summed E-state index contributed by atoms with van der Waals surface area (Å²) in [5.74, 6) is 0.465. The highest BCUT2D eigenvalue weighted by Crippen LogP contribution is 2.05. The molecule has 0 radical (unpaired) electrons. The van der Waals surface area contributed by atoms with Crippen molar-refractivity contribution >= 4 is 12.0 Å². The van der Waals surface area contributed by atoms with Crippen LogP contribution in [0.2, 0.25) is 0 Å². The van der Waals surface area contributed by atoms with Crippen LogP contribution in [0.1, 0.15) is 11.3 Å². The Balaban J connectivity index is 1.92. The lowest BCUT2D eigenvalue weighted by molar-refractivity contribution is -0.134. The number of esters is 1. The fraction of sp³-hybridized carbons (Fsp3) is 0.211. The van der Waals surface area contributed by atoms with Gasteiger partial charge in [0, 0.05) is 18.7 Å². The van der Waals surface area contributed by atoms with Crippen LogP contribution in [0.15, 0.2) is 71.4 Å². The van der Waals surface area contributed by atoms with Crippen LogP contribution in [0.3, 0.4) is 0 Å². The zero-order chi connectivity index (χ0) is 16.3. The Morgan fingerprint density at radius 2 is 2.09 bits per heavy atom. The third-order valence-corrected chi connectivity index (χ3v) is 3.29. The van der Waals surface area contributed by atoms with Gasteiger partial charge < -0.3 is 14.5 Å². The average Bonchev–Trinajstić information content (AvgIpc) is 3.10. The molecule has 2 aromatic rings. The van der Waals surface area contributed by atoms with E-state index in [1.54, 1.807) is 6.26 Å². The molecule has 0 fully saturated rings. The van der Waals surface area contributed by atoms with Gasteiger partial charge in [-0.25, -0.2) is 4.79 Å². The second-order valence-electron chi connectivity index (χ2n) is 5.00. The summed E-state index contributed by atoms with van der Waals surface area (Å²) in [5, 5.41) is 3.39. The molecule has 0 amide bonds. The van der Waals surface area contributed by atoms with Crippen molar-refractivity contribution in [3.63, 3.8) is 0 Å². The van der Waals surface area contributed by atoms with Crippen LogP contribution in [-0.4, -0.2) is 25.7 Å². The largest absolute Gasteiger partial charge is 0.466 e. The van der Waals surface area contributed by atoms with Gasteiger partial charge in [0.05, 0.1) is 13.4 Å². The zero-order valence-electron chi connectivity index (χ0n) is 13.1. The number of hydrogen-bond donors (Lipinski definition) is 1. The summed E-state index contributed by atoms with van der Waals surface area (Å²) >= 11 is 0. The van der Waals surface area contributed by atoms with Gasteiger partial charge in [-0.3, -0.25) is 0 Å². The Bertz CT molecular complexity index is 630. The van der Waals surface area contributed by atoms with Crippen molar-refractivity contribution in [1.82, 2.24) is 5.32 Å². The zero-order valence-corrected chi connectivity index (χ0v) is 13.1. The van der Waals surface area contributed by atoms with Gasteiger partial charge in [-0.05, 0) is 30.2 Å². The third-order valence-electron chi connectivity index (χ3n) is 3.29. The summed E-state index contributed by atoms with van der Waals surface area (Å²) in [5.41, 5.74) is 1.20. The van der Waals surface area contributed by atoms with E-state index in [0.717, 1.165) is 12.2 Å². The van der Waals surface area contributed by atoms with Gasteiger partial charge in [-0.2, -0.15) is 0 Å². The van der Waals surface area contributed by atoms with Gasteiger partial charge in [-0.1, -0.05) is 42.5 Å².